The molecule has 0 N–H and O–H groups in total. The van der Waals surface area contributed by atoms with Crippen LogP contribution in [0, 0.1) is 11.7 Å². The number of piperazine rings is 1. The predicted molar refractivity (Wildman–Crippen MR) is 135 cm³/mol. The van der Waals surface area contributed by atoms with Gasteiger partial charge in [-0.3, -0.25) is 14.5 Å². The van der Waals surface area contributed by atoms with Crippen LogP contribution in [0.15, 0.2) is 76.8 Å². The van der Waals surface area contributed by atoms with Gasteiger partial charge in [0.1, 0.15) is 5.82 Å². The lowest BCUT2D eigenvalue weighted by atomic mass is 9.95. The fourth-order valence-corrected chi connectivity index (χ4v) is 4.77. The second-order valence-corrected chi connectivity index (χ2v) is 8.97. The second-order valence-electron chi connectivity index (χ2n) is 8.16. The Hall–Kier alpha value is -3.36. The van der Waals surface area contributed by atoms with Crippen LogP contribution >= 0.6 is 23.8 Å². The zero-order chi connectivity index (χ0) is 23.8. The van der Waals surface area contributed by atoms with Gasteiger partial charge in [0, 0.05) is 42.5 Å². The number of rotatable bonds is 3. The molecule has 2 amide bonds. The molecule has 0 saturated carbocycles. The first kappa shape index (κ1) is 22.4. The highest BCUT2D eigenvalue weighted by Crippen LogP contribution is 2.28. The summed E-state index contributed by atoms with van der Waals surface area (Å²) in [5, 5.41) is 0.607. The van der Waals surface area contributed by atoms with Crippen molar-refractivity contribution in [3.05, 3.63) is 83.2 Å². The molecule has 1 fully saturated rings. The smallest absolute Gasteiger partial charge is 0.254 e. The number of anilines is 2. The monoisotopic (exact) mass is 494 g/mol. The Kier molecular flexibility index (Phi) is 6.02. The molecule has 0 spiro atoms. The number of halogens is 2. The number of amides is 2. The molecular weight excluding hydrogens is 475 g/mol. The minimum Gasteiger partial charge on any atom is -0.368 e. The maximum atomic E-state index is 13.2. The maximum absolute atomic E-state index is 13.2. The van der Waals surface area contributed by atoms with Gasteiger partial charge < -0.3 is 9.80 Å². The van der Waals surface area contributed by atoms with Crippen LogP contribution < -0.4 is 9.80 Å². The number of nitrogens with zero attached hydrogens (tertiary/aromatic N) is 4. The third kappa shape index (κ3) is 4.26. The van der Waals surface area contributed by atoms with Crippen molar-refractivity contribution in [2.75, 3.05) is 36.0 Å². The Balaban J connectivity index is 1.31. The average Bonchev–Trinajstić information content (AvgIpc) is 2.84. The standard InChI is InChI=1S/C25H20ClFN4O2S/c26-17-4-9-21-22(15-17)28-25(34)31(24(21)33)20-3-1-2-16(14-20)23(32)30-12-10-29(11-13-30)19-7-5-18(27)6-8-19/h1-9,14-15,21H,10-13H2. The van der Waals surface area contributed by atoms with Crippen LogP contribution in [0.1, 0.15) is 10.4 Å². The number of hydrogen-bond donors (Lipinski definition) is 0. The van der Waals surface area contributed by atoms with Crippen molar-refractivity contribution in [3.63, 3.8) is 0 Å². The molecule has 34 heavy (non-hydrogen) atoms. The zero-order valence-corrected chi connectivity index (χ0v) is 19.6. The third-order valence-electron chi connectivity index (χ3n) is 6.06. The molecule has 1 aliphatic carbocycles. The minimum atomic E-state index is -0.562. The number of carbonyl (C=O) groups is 2. The molecule has 1 saturated heterocycles. The number of benzene rings is 2. The number of allylic oxidation sites excluding steroid dienone is 3. The summed E-state index contributed by atoms with van der Waals surface area (Å²) in [6.45, 7) is 2.37. The summed E-state index contributed by atoms with van der Waals surface area (Å²) < 4.78 is 13.2. The van der Waals surface area contributed by atoms with Gasteiger partial charge in [-0.05, 0) is 66.8 Å². The van der Waals surface area contributed by atoms with Gasteiger partial charge in [0.25, 0.3) is 5.91 Å². The number of hydrogen-bond acceptors (Lipinski definition) is 4. The van der Waals surface area contributed by atoms with Crippen molar-refractivity contribution >= 4 is 57.8 Å². The van der Waals surface area contributed by atoms with Crippen molar-refractivity contribution in [1.82, 2.24) is 4.90 Å². The van der Waals surface area contributed by atoms with E-state index in [4.69, 9.17) is 23.8 Å². The molecule has 2 aromatic carbocycles. The van der Waals surface area contributed by atoms with Crippen molar-refractivity contribution in [1.29, 1.82) is 0 Å². The van der Waals surface area contributed by atoms with Crippen LogP contribution in [-0.4, -0.2) is 53.7 Å². The van der Waals surface area contributed by atoms with Crippen molar-refractivity contribution < 1.29 is 14.0 Å². The Morgan fingerprint density at radius 2 is 1.79 bits per heavy atom. The molecular formula is C25H20ClFN4O2S. The summed E-state index contributed by atoms with van der Waals surface area (Å²) in [7, 11) is 0. The summed E-state index contributed by atoms with van der Waals surface area (Å²) in [6, 6.07) is 13.2. The molecule has 3 aliphatic rings. The Morgan fingerprint density at radius 3 is 2.53 bits per heavy atom. The van der Waals surface area contributed by atoms with Crippen LogP contribution in [0.2, 0.25) is 0 Å². The lowest BCUT2D eigenvalue weighted by Crippen LogP contribution is -2.49. The minimum absolute atomic E-state index is 0.116. The summed E-state index contributed by atoms with van der Waals surface area (Å²) in [4.78, 5) is 36.0. The van der Waals surface area contributed by atoms with Crippen LogP contribution in [0.25, 0.3) is 0 Å². The SMILES string of the molecule is O=C(c1cccc(N2C(=O)C3C=CC(Cl)=CC3=NC2=S)c1)N1CCN(c2ccc(F)cc2)CC1. The van der Waals surface area contributed by atoms with Crippen LogP contribution in [0.4, 0.5) is 15.8 Å². The van der Waals surface area contributed by atoms with E-state index in [1.54, 1.807) is 59.5 Å². The van der Waals surface area contributed by atoms with E-state index in [0.29, 0.717) is 48.2 Å². The third-order valence-corrected chi connectivity index (χ3v) is 6.57. The molecule has 6 nitrogen and oxygen atoms in total. The van der Waals surface area contributed by atoms with Gasteiger partial charge >= 0.3 is 0 Å². The summed E-state index contributed by atoms with van der Waals surface area (Å²) in [5.41, 5.74) is 2.42. The van der Waals surface area contributed by atoms with Gasteiger partial charge in [-0.2, -0.15) is 0 Å². The molecule has 2 aromatic rings. The fourth-order valence-electron chi connectivity index (χ4n) is 4.29. The lowest BCUT2D eigenvalue weighted by Gasteiger charge is -2.36. The normalized spacial score (nSPS) is 20.2. The maximum Gasteiger partial charge on any atom is 0.254 e. The van der Waals surface area contributed by atoms with Gasteiger partial charge in [0.2, 0.25) is 11.0 Å². The molecule has 1 unspecified atom stereocenters. The van der Waals surface area contributed by atoms with Gasteiger partial charge in [0.15, 0.2) is 0 Å². The first-order chi connectivity index (χ1) is 16.4. The number of fused-ring (bicyclic) bond motifs is 1. The van der Waals surface area contributed by atoms with Crippen molar-refractivity contribution in [2.24, 2.45) is 10.9 Å². The first-order valence-electron chi connectivity index (χ1n) is 10.8. The highest BCUT2D eigenvalue weighted by Gasteiger charge is 2.35. The van der Waals surface area contributed by atoms with Gasteiger partial charge in [-0.15, -0.1) is 0 Å². The molecule has 5 rings (SSSR count). The highest BCUT2D eigenvalue weighted by molar-refractivity contribution is 7.80. The largest absolute Gasteiger partial charge is 0.368 e. The van der Waals surface area contributed by atoms with Gasteiger partial charge in [0.05, 0.1) is 17.3 Å². The number of aliphatic imine (C=N–C) groups is 1. The predicted octanol–water partition coefficient (Wildman–Crippen LogP) is 4.17. The van der Waals surface area contributed by atoms with Crippen LogP contribution in [0.5, 0.6) is 0 Å². The molecule has 9 heteroatoms. The number of carbonyl (C=O) groups excluding carboxylic acids is 2. The summed E-state index contributed by atoms with van der Waals surface area (Å²) in [6.07, 6.45) is 5.01. The fraction of sp³-hybridized carbons (Fsp3) is 0.200. The van der Waals surface area contributed by atoms with E-state index < -0.39 is 5.92 Å². The van der Waals surface area contributed by atoms with Crippen LogP contribution in [0.3, 0.4) is 0 Å². The molecule has 2 aliphatic heterocycles. The molecule has 0 bridgehead atoms. The van der Waals surface area contributed by atoms with Crippen LogP contribution in [-0.2, 0) is 4.79 Å². The van der Waals surface area contributed by atoms with Crippen molar-refractivity contribution in [3.8, 4) is 0 Å². The lowest BCUT2D eigenvalue weighted by molar-refractivity contribution is -0.118. The molecule has 1 atom stereocenters. The first-order valence-corrected chi connectivity index (χ1v) is 11.6. The number of thiocarbonyl (C=S) groups is 1. The van der Waals surface area contributed by atoms with E-state index in [0.717, 1.165) is 5.69 Å². The summed E-state index contributed by atoms with van der Waals surface area (Å²) in [5.74, 6) is -1.18. The van der Waals surface area contributed by atoms with E-state index in [2.05, 4.69) is 9.89 Å². The Morgan fingerprint density at radius 1 is 1.06 bits per heavy atom. The zero-order valence-electron chi connectivity index (χ0n) is 18.0. The van der Waals surface area contributed by atoms with E-state index in [1.165, 1.54) is 17.0 Å². The van der Waals surface area contributed by atoms with Gasteiger partial charge in [-0.25, -0.2) is 9.38 Å². The Labute approximate surface area is 206 Å². The molecule has 172 valence electrons. The molecule has 0 aromatic heterocycles. The quantitative estimate of drug-likeness (QED) is 0.601. The Bertz CT molecular complexity index is 1270. The average molecular weight is 495 g/mol. The molecule has 0 radical (unpaired) electrons. The van der Waals surface area contributed by atoms with E-state index in [9.17, 15) is 14.0 Å². The highest BCUT2D eigenvalue weighted by atomic mass is 35.5. The summed E-state index contributed by atoms with van der Waals surface area (Å²) >= 11 is 11.4. The second kappa shape index (κ2) is 9.12. The van der Waals surface area contributed by atoms with E-state index in [1.807, 2.05) is 0 Å². The van der Waals surface area contributed by atoms with Gasteiger partial charge in [-0.1, -0.05) is 23.7 Å². The van der Waals surface area contributed by atoms with Crippen molar-refractivity contribution in [2.45, 2.75) is 0 Å². The van der Waals surface area contributed by atoms with E-state index >= 15 is 0 Å². The topological polar surface area (TPSA) is 56.2 Å². The van der Waals surface area contributed by atoms with E-state index in [-0.39, 0.29) is 22.7 Å². The molecule has 2 heterocycles.